The molecule has 4 nitrogen and oxygen atoms in total. The Bertz CT molecular complexity index is 606. The number of pyridine rings is 1. The van der Waals surface area contributed by atoms with Gasteiger partial charge in [0.2, 0.25) is 0 Å². The van der Waals surface area contributed by atoms with Crippen LogP contribution in [0.25, 0.3) is 10.8 Å². The Kier molecular flexibility index (Phi) is 3.17. The first kappa shape index (κ1) is 12.1. The molecule has 1 aliphatic rings. The zero-order valence-electron chi connectivity index (χ0n) is 10.7. The fourth-order valence-corrected chi connectivity index (χ4v) is 2.65. The maximum atomic E-state index is 12.6. The lowest BCUT2D eigenvalue weighted by molar-refractivity contribution is 0.0710. The third-order valence-corrected chi connectivity index (χ3v) is 3.64. The van der Waals surface area contributed by atoms with Crippen LogP contribution in [-0.4, -0.2) is 34.9 Å². The van der Waals surface area contributed by atoms with Gasteiger partial charge < -0.3 is 10.6 Å². The number of hydrogen-bond donors (Lipinski definition) is 1. The van der Waals surface area contributed by atoms with Gasteiger partial charge in [-0.05, 0) is 18.2 Å². The number of carbonyl (C=O) groups excluding carboxylic acids is 1. The molecular weight excluding hydrogens is 238 g/mol. The van der Waals surface area contributed by atoms with Gasteiger partial charge in [0.15, 0.2) is 0 Å². The second-order valence-electron chi connectivity index (χ2n) is 5.06. The third kappa shape index (κ3) is 2.31. The van der Waals surface area contributed by atoms with Crippen molar-refractivity contribution < 1.29 is 4.79 Å². The summed E-state index contributed by atoms with van der Waals surface area (Å²) in [6.07, 6.45) is 5.42. The molecule has 0 spiro atoms. The number of nitrogens with two attached hydrogens (primary N) is 1. The summed E-state index contributed by atoms with van der Waals surface area (Å²) in [5, 5.41) is 1.95. The Morgan fingerprint density at radius 1 is 1.32 bits per heavy atom. The van der Waals surface area contributed by atoms with Crippen LogP contribution in [0.15, 0.2) is 36.7 Å². The predicted molar refractivity (Wildman–Crippen MR) is 74.9 cm³/mol. The van der Waals surface area contributed by atoms with E-state index >= 15 is 0 Å². The second kappa shape index (κ2) is 4.97. The Balaban J connectivity index is 1.97. The molecule has 2 aromatic rings. The molecule has 19 heavy (non-hydrogen) atoms. The zero-order chi connectivity index (χ0) is 13.2. The van der Waals surface area contributed by atoms with Crippen LogP contribution in [0.4, 0.5) is 0 Å². The molecule has 0 aliphatic carbocycles. The summed E-state index contributed by atoms with van der Waals surface area (Å²) in [6.45, 7) is 1.43. The Morgan fingerprint density at radius 3 is 3.00 bits per heavy atom. The van der Waals surface area contributed by atoms with Crippen LogP contribution in [-0.2, 0) is 0 Å². The minimum atomic E-state index is 0.0412. The van der Waals surface area contributed by atoms with E-state index in [0.29, 0.717) is 12.1 Å². The molecule has 1 atom stereocenters. The normalized spacial score (nSPS) is 19.6. The SMILES string of the molecule is N[C@@H]1CCCN(C(=O)c2cncc3ccccc23)C1. The highest BCUT2D eigenvalue weighted by atomic mass is 16.2. The molecule has 98 valence electrons. The highest BCUT2D eigenvalue weighted by Gasteiger charge is 2.23. The largest absolute Gasteiger partial charge is 0.337 e. The molecule has 3 rings (SSSR count). The Morgan fingerprint density at radius 2 is 2.16 bits per heavy atom. The van der Waals surface area contributed by atoms with Gasteiger partial charge in [0.05, 0.1) is 5.56 Å². The molecular formula is C15H17N3O. The maximum Gasteiger partial charge on any atom is 0.256 e. The van der Waals surface area contributed by atoms with E-state index in [9.17, 15) is 4.79 Å². The summed E-state index contributed by atoms with van der Waals surface area (Å²) in [7, 11) is 0. The van der Waals surface area contributed by atoms with Gasteiger partial charge in [-0.15, -0.1) is 0 Å². The lowest BCUT2D eigenvalue weighted by atomic mass is 10.0. The highest BCUT2D eigenvalue weighted by Crippen LogP contribution is 2.20. The van der Waals surface area contributed by atoms with Crippen LogP contribution in [0.3, 0.4) is 0 Å². The summed E-state index contributed by atoms with van der Waals surface area (Å²) < 4.78 is 0. The molecule has 4 heteroatoms. The summed E-state index contributed by atoms with van der Waals surface area (Å²) >= 11 is 0. The lowest BCUT2D eigenvalue weighted by Crippen LogP contribution is -2.45. The van der Waals surface area contributed by atoms with E-state index in [4.69, 9.17) is 5.73 Å². The first-order valence-electron chi connectivity index (χ1n) is 6.63. The molecule has 1 aliphatic heterocycles. The van der Waals surface area contributed by atoms with Gasteiger partial charge >= 0.3 is 0 Å². The Hall–Kier alpha value is -1.94. The van der Waals surface area contributed by atoms with Gasteiger partial charge in [0.25, 0.3) is 5.91 Å². The van der Waals surface area contributed by atoms with E-state index in [2.05, 4.69) is 4.98 Å². The lowest BCUT2D eigenvalue weighted by Gasteiger charge is -2.31. The van der Waals surface area contributed by atoms with Gasteiger partial charge in [-0.25, -0.2) is 0 Å². The average Bonchev–Trinajstić information content (AvgIpc) is 2.46. The van der Waals surface area contributed by atoms with Gasteiger partial charge in [0, 0.05) is 36.9 Å². The monoisotopic (exact) mass is 255 g/mol. The number of benzene rings is 1. The van der Waals surface area contributed by atoms with Crippen molar-refractivity contribution in [1.82, 2.24) is 9.88 Å². The molecule has 0 unspecified atom stereocenters. The third-order valence-electron chi connectivity index (χ3n) is 3.64. The first-order valence-corrected chi connectivity index (χ1v) is 6.63. The maximum absolute atomic E-state index is 12.6. The van der Waals surface area contributed by atoms with Crippen molar-refractivity contribution >= 4 is 16.7 Å². The van der Waals surface area contributed by atoms with E-state index in [1.165, 1.54) is 0 Å². The first-order chi connectivity index (χ1) is 9.25. The van der Waals surface area contributed by atoms with Crippen molar-refractivity contribution in [1.29, 1.82) is 0 Å². The van der Waals surface area contributed by atoms with Crippen molar-refractivity contribution in [2.45, 2.75) is 18.9 Å². The van der Waals surface area contributed by atoms with Crippen molar-refractivity contribution in [3.8, 4) is 0 Å². The molecule has 0 bridgehead atoms. The summed E-state index contributed by atoms with van der Waals surface area (Å²) in [6, 6.07) is 7.94. The number of likely N-dealkylation sites (tertiary alicyclic amines) is 1. The minimum Gasteiger partial charge on any atom is -0.337 e. The number of piperidine rings is 1. The van der Waals surface area contributed by atoms with Crippen LogP contribution in [0.5, 0.6) is 0 Å². The molecule has 1 fully saturated rings. The van der Waals surface area contributed by atoms with E-state index in [1.54, 1.807) is 12.4 Å². The number of rotatable bonds is 1. The van der Waals surface area contributed by atoms with Gasteiger partial charge in [-0.3, -0.25) is 9.78 Å². The molecule has 1 amide bonds. The number of aromatic nitrogens is 1. The Labute approximate surface area is 112 Å². The predicted octanol–water partition coefficient (Wildman–Crippen LogP) is 1.80. The van der Waals surface area contributed by atoms with E-state index < -0.39 is 0 Å². The number of hydrogen-bond acceptors (Lipinski definition) is 3. The minimum absolute atomic E-state index is 0.0412. The van der Waals surface area contributed by atoms with Gasteiger partial charge in [0.1, 0.15) is 0 Å². The van der Waals surface area contributed by atoms with Crippen LogP contribution in [0.1, 0.15) is 23.2 Å². The second-order valence-corrected chi connectivity index (χ2v) is 5.06. The zero-order valence-corrected chi connectivity index (χ0v) is 10.7. The molecule has 2 N–H and O–H groups in total. The molecule has 1 aromatic carbocycles. The number of nitrogens with zero attached hydrogens (tertiary/aromatic N) is 2. The quantitative estimate of drug-likeness (QED) is 0.845. The van der Waals surface area contributed by atoms with Crippen LogP contribution in [0.2, 0.25) is 0 Å². The van der Waals surface area contributed by atoms with Crippen molar-refractivity contribution in [2.24, 2.45) is 5.73 Å². The number of fused-ring (bicyclic) bond motifs is 1. The number of carbonyl (C=O) groups is 1. The van der Waals surface area contributed by atoms with Gasteiger partial charge in [-0.2, -0.15) is 0 Å². The van der Waals surface area contributed by atoms with Gasteiger partial charge in [-0.1, -0.05) is 24.3 Å². The van der Waals surface area contributed by atoms with E-state index in [1.807, 2.05) is 29.2 Å². The van der Waals surface area contributed by atoms with Crippen LogP contribution >= 0.6 is 0 Å². The molecule has 0 radical (unpaired) electrons. The molecule has 1 saturated heterocycles. The highest BCUT2D eigenvalue weighted by molar-refractivity contribution is 6.06. The number of amides is 1. The summed E-state index contributed by atoms with van der Waals surface area (Å²) in [5.41, 5.74) is 6.62. The summed E-state index contributed by atoms with van der Waals surface area (Å²) in [5.74, 6) is 0.0412. The van der Waals surface area contributed by atoms with Crippen LogP contribution < -0.4 is 5.73 Å². The molecule has 1 aromatic heterocycles. The smallest absolute Gasteiger partial charge is 0.256 e. The standard InChI is InChI=1S/C15H17N3O/c16-12-5-3-7-18(10-12)15(19)14-9-17-8-11-4-1-2-6-13(11)14/h1-2,4,6,8-9,12H,3,5,7,10,16H2/t12-/m1/s1. The van der Waals surface area contributed by atoms with Crippen molar-refractivity contribution in [3.63, 3.8) is 0 Å². The molecule has 2 heterocycles. The fourth-order valence-electron chi connectivity index (χ4n) is 2.65. The van der Waals surface area contributed by atoms with Crippen LogP contribution in [0, 0.1) is 0 Å². The fraction of sp³-hybridized carbons (Fsp3) is 0.333. The van der Waals surface area contributed by atoms with E-state index in [-0.39, 0.29) is 11.9 Å². The summed E-state index contributed by atoms with van der Waals surface area (Å²) in [4.78, 5) is 18.6. The van der Waals surface area contributed by atoms with Crippen molar-refractivity contribution in [3.05, 3.63) is 42.2 Å². The average molecular weight is 255 g/mol. The van der Waals surface area contributed by atoms with Crippen molar-refractivity contribution in [2.75, 3.05) is 13.1 Å². The molecule has 0 saturated carbocycles. The topological polar surface area (TPSA) is 59.2 Å². The van der Waals surface area contributed by atoms with E-state index in [0.717, 1.165) is 30.2 Å².